The van der Waals surface area contributed by atoms with Crippen LogP contribution in [0.1, 0.15) is 44.6 Å². The van der Waals surface area contributed by atoms with E-state index in [2.05, 4.69) is 26.0 Å². The van der Waals surface area contributed by atoms with Gasteiger partial charge >= 0.3 is 0 Å². The number of fused-ring (bicyclic) bond motifs is 2. The van der Waals surface area contributed by atoms with Gasteiger partial charge in [0.05, 0.1) is 16.7 Å². The summed E-state index contributed by atoms with van der Waals surface area (Å²) in [5.41, 5.74) is 4.29. The molecule has 32 heavy (non-hydrogen) atoms. The lowest BCUT2D eigenvalue weighted by atomic mass is 10.1. The number of aromatic nitrogens is 4. The van der Waals surface area contributed by atoms with Crippen LogP contribution in [-0.2, 0) is 12.3 Å². The van der Waals surface area contributed by atoms with Crippen LogP contribution in [0.15, 0.2) is 47.7 Å². The van der Waals surface area contributed by atoms with E-state index in [1.54, 1.807) is 0 Å². The molecule has 0 spiro atoms. The Morgan fingerprint density at radius 1 is 1.16 bits per heavy atom. The van der Waals surface area contributed by atoms with Gasteiger partial charge in [-0.25, -0.2) is 4.98 Å². The standard InChI is InChI=1S/C23H25N5OS.2CH4/c1-15-3-2-4-18-22(15)26-21(27-23(18)29)14-30-17-6-9-28(10-7-17)13-16-11-25-20-5-8-24-12-19(16)20;;/h2-5,8,11-12,17,25H,6-7,9-10,13-14H2,1H3,(H,26,27,29);2*1H4. The topological polar surface area (TPSA) is 77.7 Å². The van der Waals surface area contributed by atoms with Gasteiger partial charge in [-0.3, -0.25) is 14.7 Å². The summed E-state index contributed by atoms with van der Waals surface area (Å²) < 4.78 is 0. The highest BCUT2D eigenvalue weighted by molar-refractivity contribution is 7.99. The number of hydrogen-bond acceptors (Lipinski definition) is 5. The monoisotopic (exact) mass is 451 g/mol. The fourth-order valence-electron chi connectivity index (χ4n) is 4.24. The molecule has 1 aliphatic rings. The summed E-state index contributed by atoms with van der Waals surface area (Å²) in [5, 5.41) is 2.49. The summed E-state index contributed by atoms with van der Waals surface area (Å²) in [6.45, 7) is 5.14. The largest absolute Gasteiger partial charge is 0.361 e. The number of likely N-dealkylation sites (tertiary alicyclic amines) is 1. The summed E-state index contributed by atoms with van der Waals surface area (Å²) in [6, 6.07) is 7.77. The van der Waals surface area contributed by atoms with E-state index in [1.807, 2.05) is 55.3 Å². The Morgan fingerprint density at radius 3 is 2.78 bits per heavy atom. The third-order valence-corrected chi connectivity index (χ3v) is 7.32. The Bertz CT molecular complexity index is 1240. The fraction of sp³-hybridized carbons (Fsp3) is 0.400. The van der Waals surface area contributed by atoms with Gasteiger partial charge in [-0.05, 0) is 56.1 Å². The van der Waals surface area contributed by atoms with Crippen LogP contribution in [-0.4, -0.2) is 43.2 Å². The Balaban J connectivity index is 0.00000144. The van der Waals surface area contributed by atoms with Gasteiger partial charge in [-0.1, -0.05) is 27.0 Å². The number of thioether (sulfide) groups is 1. The Labute approximate surface area is 193 Å². The van der Waals surface area contributed by atoms with Gasteiger partial charge in [0.25, 0.3) is 5.56 Å². The SMILES string of the molecule is C.C.Cc1cccc2c(=O)[nH]c(CSC3CCN(Cc4c[nH]c5ccncc45)CC3)nc12. The Morgan fingerprint density at radius 2 is 1.97 bits per heavy atom. The van der Waals surface area contributed by atoms with Gasteiger partial charge in [0.15, 0.2) is 0 Å². The maximum absolute atomic E-state index is 12.4. The Hall–Kier alpha value is -2.64. The molecule has 0 amide bonds. The van der Waals surface area contributed by atoms with Crippen LogP contribution in [0, 0.1) is 6.92 Å². The molecule has 0 bridgehead atoms. The summed E-state index contributed by atoms with van der Waals surface area (Å²) in [5.74, 6) is 1.53. The van der Waals surface area contributed by atoms with Crippen molar-refractivity contribution in [1.29, 1.82) is 0 Å². The third kappa shape index (κ3) is 4.89. The molecule has 5 rings (SSSR count). The quantitative estimate of drug-likeness (QED) is 0.432. The van der Waals surface area contributed by atoms with E-state index in [0.717, 1.165) is 60.7 Å². The number of nitrogens with one attached hydrogen (secondary N) is 2. The van der Waals surface area contributed by atoms with Crippen molar-refractivity contribution in [2.24, 2.45) is 0 Å². The van der Waals surface area contributed by atoms with Crippen LogP contribution < -0.4 is 5.56 Å². The second kappa shape index (κ2) is 10.3. The fourth-order valence-corrected chi connectivity index (χ4v) is 5.32. The van der Waals surface area contributed by atoms with Crippen molar-refractivity contribution in [3.8, 4) is 0 Å². The van der Waals surface area contributed by atoms with Crippen molar-refractivity contribution in [1.82, 2.24) is 24.8 Å². The molecule has 0 saturated carbocycles. The molecule has 2 N–H and O–H groups in total. The number of para-hydroxylation sites is 1. The lowest BCUT2D eigenvalue weighted by Gasteiger charge is -2.31. The molecule has 0 unspecified atom stereocenters. The third-order valence-electron chi connectivity index (χ3n) is 5.94. The first kappa shape index (κ1) is 24.0. The second-order valence-electron chi connectivity index (χ2n) is 8.01. The molecule has 7 heteroatoms. The van der Waals surface area contributed by atoms with E-state index in [1.165, 1.54) is 10.9 Å². The smallest absolute Gasteiger partial charge is 0.258 e. The van der Waals surface area contributed by atoms with Crippen molar-refractivity contribution in [2.75, 3.05) is 13.1 Å². The lowest BCUT2D eigenvalue weighted by Crippen LogP contribution is -2.34. The van der Waals surface area contributed by atoms with Crippen LogP contribution in [0.3, 0.4) is 0 Å². The average Bonchev–Trinajstić information content (AvgIpc) is 3.17. The molecule has 0 atom stereocenters. The number of aryl methyl sites for hydroxylation is 1. The minimum absolute atomic E-state index is 0. The molecule has 1 saturated heterocycles. The van der Waals surface area contributed by atoms with Crippen LogP contribution >= 0.6 is 11.8 Å². The summed E-state index contributed by atoms with van der Waals surface area (Å²) in [6.07, 6.45) is 8.19. The number of benzene rings is 1. The average molecular weight is 452 g/mol. The van der Waals surface area contributed by atoms with Crippen molar-refractivity contribution in [3.05, 3.63) is 70.2 Å². The van der Waals surface area contributed by atoms with Gasteiger partial charge in [0, 0.05) is 41.3 Å². The maximum atomic E-state index is 12.4. The first-order valence-corrected chi connectivity index (χ1v) is 11.4. The molecule has 3 aromatic heterocycles. The molecule has 0 radical (unpaired) electrons. The van der Waals surface area contributed by atoms with Crippen LogP contribution in [0.4, 0.5) is 0 Å². The number of H-pyrrole nitrogens is 2. The summed E-state index contributed by atoms with van der Waals surface area (Å²) in [7, 11) is 0. The zero-order valence-corrected chi connectivity index (χ0v) is 17.8. The van der Waals surface area contributed by atoms with E-state index in [9.17, 15) is 4.79 Å². The van der Waals surface area contributed by atoms with Crippen LogP contribution in [0.5, 0.6) is 0 Å². The van der Waals surface area contributed by atoms with Gasteiger partial charge in [-0.15, -0.1) is 0 Å². The normalized spacial score (nSPS) is 14.9. The zero-order valence-electron chi connectivity index (χ0n) is 17.0. The molecule has 4 aromatic rings. The zero-order chi connectivity index (χ0) is 20.5. The van der Waals surface area contributed by atoms with Crippen LogP contribution in [0.2, 0.25) is 0 Å². The number of hydrogen-bond donors (Lipinski definition) is 2. The van der Waals surface area contributed by atoms with Gasteiger partial charge < -0.3 is 9.97 Å². The van der Waals surface area contributed by atoms with Crippen molar-refractivity contribution < 1.29 is 0 Å². The van der Waals surface area contributed by atoms with E-state index in [4.69, 9.17) is 4.98 Å². The molecule has 1 fully saturated rings. The number of piperidine rings is 1. The molecule has 4 heterocycles. The van der Waals surface area contributed by atoms with E-state index >= 15 is 0 Å². The number of pyridine rings is 1. The summed E-state index contributed by atoms with van der Waals surface area (Å²) in [4.78, 5) is 30.2. The van der Waals surface area contributed by atoms with Crippen molar-refractivity contribution in [2.45, 2.75) is 52.2 Å². The highest BCUT2D eigenvalue weighted by Gasteiger charge is 2.21. The molecule has 0 aliphatic carbocycles. The number of nitrogens with zero attached hydrogens (tertiary/aromatic N) is 3. The van der Waals surface area contributed by atoms with Gasteiger partial charge in [0.1, 0.15) is 5.82 Å². The predicted molar refractivity (Wildman–Crippen MR) is 136 cm³/mol. The molecule has 6 nitrogen and oxygen atoms in total. The minimum atomic E-state index is -0.0395. The second-order valence-corrected chi connectivity index (χ2v) is 9.29. The van der Waals surface area contributed by atoms with Crippen molar-refractivity contribution in [3.63, 3.8) is 0 Å². The van der Waals surface area contributed by atoms with Crippen molar-refractivity contribution >= 4 is 33.6 Å². The number of rotatable bonds is 5. The van der Waals surface area contributed by atoms with E-state index in [-0.39, 0.29) is 20.4 Å². The maximum Gasteiger partial charge on any atom is 0.258 e. The minimum Gasteiger partial charge on any atom is -0.361 e. The van der Waals surface area contributed by atoms with E-state index in [0.29, 0.717) is 10.6 Å². The first-order valence-electron chi connectivity index (χ1n) is 10.4. The lowest BCUT2D eigenvalue weighted by molar-refractivity contribution is 0.225. The van der Waals surface area contributed by atoms with E-state index < -0.39 is 0 Å². The molecule has 1 aliphatic heterocycles. The highest BCUT2D eigenvalue weighted by atomic mass is 32.2. The molecular weight excluding hydrogens is 418 g/mol. The molecular formula is C25H33N5OS. The Kier molecular flexibility index (Phi) is 7.74. The highest BCUT2D eigenvalue weighted by Crippen LogP contribution is 2.27. The predicted octanol–water partition coefficient (Wildman–Crippen LogP) is 5.28. The first-order chi connectivity index (χ1) is 14.7. The molecule has 170 valence electrons. The number of aromatic amines is 2. The summed E-state index contributed by atoms with van der Waals surface area (Å²) >= 11 is 1.91. The molecule has 1 aromatic carbocycles. The van der Waals surface area contributed by atoms with Gasteiger partial charge in [-0.2, -0.15) is 11.8 Å². The van der Waals surface area contributed by atoms with Gasteiger partial charge in [0.2, 0.25) is 0 Å². The van der Waals surface area contributed by atoms with Crippen LogP contribution in [0.25, 0.3) is 21.8 Å².